The Hall–Kier alpha value is -2.19. The number of hydrogen-bond donors (Lipinski definition) is 1. The molecule has 1 aromatic carbocycles. The van der Waals surface area contributed by atoms with Gasteiger partial charge in [-0.3, -0.25) is 24.5 Å². The molecular formula is C17H18Cl2N2O6. The van der Waals surface area contributed by atoms with Crippen molar-refractivity contribution in [3.05, 3.63) is 38.4 Å². The molecule has 0 aromatic heterocycles. The third-order valence-corrected chi connectivity index (χ3v) is 5.24. The summed E-state index contributed by atoms with van der Waals surface area (Å²) in [6, 6.07) is 4.49. The summed E-state index contributed by atoms with van der Waals surface area (Å²) >= 11 is 11.6. The summed E-state index contributed by atoms with van der Waals surface area (Å²) in [5, 5.41) is 13.9. The predicted molar refractivity (Wildman–Crippen MR) is 98.3 cm³/mol. The fourth-order valence-electron chi connectivity index (χ4n) is 3.16. The van der Waals surface area contributed by atoms with Crippen LogP contribution in [0, 0.1) is 27.9 Å². The first kappa shape index (κ1) is 21.1. The third-order valence-electron chi connectivity index (χ3n) is 4.50. The fraction of sp³-hybridized carbons (Fsp3) is 0.471. The van der Waals surface area contributed by atoms with Crippen LogP contribution in [-0.4, -0.2) is 35.7 Å². The van der Waals surface area contributed by atoms with Gasteiger partial charge in [0.15, 0.2) is 6.61 Å². The van der Waals surface area contributed by atoms with Gasteiger partial charge in [-0.2, -0.15) is 0 Å². The molecule has 0 spiro atoms. The van der Waals surface area contributed by atoms with E-state index in [1.807, 2.05) is 0 Å². The Balaban J connectivity index is 1.85. The van der Waals surface area contributed by atoms with Gasteiger partial charge < -0.3 is 10.1 Å². The minimum atomic E-state index is -0.754. The highest BCUT2D eigenvalue weighted by molar-refractivity contribution is 6.42. The molecule has 0 heterocycles. The van der Waals surface area contributed by atoms with Crippen molar-refractivity contribution >= 4 is 46.5 Å². The van der Waals surface area contributed by atoms with Crippen LogP contribution in [0.5, 0.6) is 0 Å². The lowest BCUT2D eigenvalue weighted by atomic mass is 9.88. The van der Waals surface area contributed by atoms with Gasteiger partial charge >= 0.3 is 5.97 Å². The summed E-state index contributed by atoms with van der Waals surface area (Å²) in [6.45, 7) is 0.834. The highest BCUT2D eigenvalue weighted by Gasteiger charge is 2.44. The van der Waals surface area contributed by atoms with Gasteiger partial charge in [-0.1, -0.05) is 30.1 Å². The maximum absolute atomic E-state index is 12.0. The summed E-state index contributed by atoms with van der Waals surface area (Å²) in [5.74, 6) is -2.96. The molecule has 1 aromatic rings. The third kappa shape index (κ3) is 5.90. The number of anilines is 1. The second-order valence-corrected chi connectivity index (χ2v) is 7.29. The van der Waals surface area contributed by atoms with Crippen molar-refractivity contribution in [1.29, 1.82) is 0 Å². The van der Waals surface area contributed by atoms with E-state index in [1.165, 1.54) is 18.2 Å². The SMILES string of the molecule is C[C@H]1CC(=O)[C@H](CC(=O)OCC(=O)Nc2ccc(Cl)c(Cl)c2)[C@@H]1C[N+](=O)[O-]. The van der Waals surface area contributed by atoms with Gasteiger partial charge in [0, 0.05) is 28.9 Å². The number of halogens is 2. The lowest BCUT2D eigenvalue weighted by Crippen LogP contribution is -2.28. The molecule has 1 N–H and O–H groups in total. The van der Waals surface area contributed by atoms with Crippen LogP contribution in [-0.2, 0) is 19.1 Å². The topological polar surface area (TPSA) is 116 Å². The number of carbonyl (C=O) groups excluding carboxylic acids is 3. The second-order valence-electron chi connectivity index (χ2n) is 6.48. The molecule has 0 unspecified atom stereocenters. The molecule has 0 bridgehead atoms. The zero-order chi connectivity index (χ0) is 20.1. The lowest BCUT2D eigenvalue weighted by molar-refractivity contribution is -0.490. The zero-order valence-electron chi connectivity index (χ0n) is 14.4. The van der Waals surface area contributed by atoms with Gasteiger partial charge in [0.1, 0.15) is 5.78 Å². The van der Waals surface area contributed by atoms with Crippen molar-refractivity contribution in [3.8, 4) is 0 Å². The van der Waals surface area contributed by atoms with Crippen molar-refractivity contribution in [1.82, 2.24) is 0 Å². The van der Waals surface area contributed by atoms with Crippen molar-refractivity contribution < 1.29 is 24.0 Å². The normalized spacial score (nSPS) is 21.7. The van der Waals surface area contributed by atoms with Crippen LogP contribution in [0.3, 0.4) is 0 Å². The molecule has 1 aliphatic rings. The number of Topliss-reactive ketones (excluding diaryl/α,β-unsaturated/α-hetero) is 1. The molecule has 10 heteroatoms. The molecule has 8 nitrogen and oxygen atoms in total. The van der Waals surface area contributed by atoms with Crippen molar-refractivity contribution in [3.63, 3.8) is 0 Å². The van der Waals surface area contributed by atoms with E-state index in [1.54, 1.807) is 6.92 Å². The first-order valence-corrected chi connectivity index (χ1v) is 8.98. The average molecular weight is 417 g/mol. The zero-order valence-corrected chi connectivity index (χ0v) is 16.0. The summed E-state index contributed by atoms with van der Waals surface area (Å²) in [4.78, 5) is 46.1. The second kappa shape index (κ2) is 9.14. The van der Waals surface area contributed by atoms with Gasteiger partial charge in [0.05, 0.1) is 16.5 Å². The van der Waals surface area contributed by atoms with E-state index in [2.05, 4.69) is 5.32 Å². The van der Waals surface area contributed by atoms with Crippen LogP contribution >= 0.6 is 23.2 Å². The van der Waals surface area contributed by atoms with Gasteiger partial charge in [0.25, 0.3) is 5.91 Å². The van der Waals surface area contributed by atoms with E-state index in [-0.39, 0.29) is 36.1 Å². The number of ketones is 1. The number of carbonyl (C=O) groups is 3. The fourth-order valence-corrected chi connectivity index (χ4v) is 3.45. The minimum Gasteiger partial charge on any atom is -0.456 e. The Morgan fingerprint density at radius 2 is 2.04 bits per heavy atom. The van der Waals surface area contributed by atoms with Crippen LogP contribution in [0.15, 0.2) is 18.2 Å². The van der Waals surface area contributed by atoms with Crippen LogP contribution in [0.4, 0.5) is 5.69 Å². The molecule has 3 atom stereocenters. The number of ether oxygens (including phenoxy) is 1. The highest BCUT2D eigenvalue weighted by Crippen LogP contribution is 2.36. The Kier molecular flexibility index (Phi) is 7.15. The molecule has 0 aliphatic heterocycles. The van der Waals surface area contributed by atoms with E-state index in [9.17, 15) is 24.5 Å². The number of nitrogens with one attached hydrogen (secondary N) is 1. The monoisotopic (exact) mass is 416 g/mol. The molecule has 0 saturated heterocycles. The lowest BCUT2D eigenvalue weighted by Gasteiger charge is -2.17. The molecule has 27 heavy (non-hydrogen) atoms. The van der Waals surface area contributed by atoms with Crippen LogP contribution < -0.4 is 5.32 Å². The number of rotatable bonds is 7. The number of hydrogen-bond acceptors (Lipinski definition) is 6. The molecule has 1 aliphatic carbocycles. The Morgan fingerprint density at radius 1 is 1.33 bits per heavy atom. The van der Waals surface area contributed by atoms with E-state index in [0.717, 1.165) is 0 Å². The largest absolute Gasteiger partial charge is 0.456 e. The number of nitrogens with zero attached hydrogens (tertiary/aromatic N) is 1. The van der Waals surface area contributed by atoms with Gasteiger partial charge in [-0.25, -0.2) is 0 Å². The number of benzene rings is 1. The molecule has 0 radical (unpaired) electrons. The molecule has 1 fully saturated rings. The van der Waals surface area contributed by atoms with E-state index < -0.39 is 35.2 Å². The molecule has 146 valence electrons. The Labute approximate surface area is 165 Å². The van der Waals surface area contributed by atoms with Crippen LogP contribution in [0.25, 0.3) is 0 Å². The van der Waals surface area contributed by atoms with Crippen molar-refractivity contribution in [2.75, 3.05) is 18.5 Å². The molecule has 2 rings (SSSR count). The van der Waals surface area contributed by atoms with Crippen molar-refractivity contribution in [2.45, 2.75) is 19.8 Å². The van der Waals surface area contributed by atoms with Crippen LogP contribution in [0.1, 0.15) is 19.8 Å². The number of esters is 1. The Bertz CT molecular complexity index is 770. The maximum Gasteiger partial charge on any atom is 0.307 e. The summed E-state index contributed by atoms with van der Waals surface area (Å²) < 4.78 is 4.90. The molecule has 1 amide bonds. The Morgan fingerprint density at radius 3 is 2.67 bits per heavy atom. The number of amides is 1. The van der Waals surface area contributed by atoms with Gasteiger partial charge in [-0.15, -0.1) is 0 Å². The first-order chi connectivity index (χ1) is 12.7. The highest BCUT2D eigenvalue weighted by atomic mass is 35.5. The summed E-state index contributed by atoms with van der Waals surface area (Å²) in [5.41, 5.74) is 0.385. The molecule has 1 saturated carbocycles. The van der Waals surface area contributed by atoms with Crippen molar-refractivity contribution in [2.24, 2.45) is 17.8 Å². The number of nitro groups is 1. The first-order valence-electron chi connectivity index (χ1n) is 8.22. The minimum absolute atomic E-state index is 0.168. The predicted octanol–water partition coefficient (Wildman–Crippen LogP) is 2.98. The van der Waals surface area contributed by atoms with Crippen LogP contribution in [0.2, 0.25) is 10.0 Å². The average Bonchev–Trinajstić information content (AvgIpc) is 2.83. The summed E-state index contributed by atoms with van der Waals surface area (Å²) in [7, 11) is 0. The maximum atomic E-state index is 12.0. The van der Waals surface area contributed by atoms with Gasteiger partial charge in [-0.05, 0) is 24.1 Å². The molecular weight excluding hydrogens is 399 g/mol. The van der Waals surface area contributed by atoms with E-state index in [0.29, 0.717) is 10.7 Å². The van der Waals surface area contributed by atoms with E-state index >= 15 is 0 Å². The van der Waals surface area contributed by atoms with E-state index in [4.69, 9.17) is 27.9 Å². The van der Waals surface area contributed by atoms with Gasteiger partial charge in [0.2, 0.25) is 6.54 Å². The standard InChI is InChI=1S/C17H18Cl2N2O6/c1-9-4-15(22)11(12(9)7-21(25)26)6-17(24)27-8-16(23)20-10-2-3-13(18)14(19)5-10/h2-3,5,9,11-12H,4,6-8H2,1H3,(H,20,23)/t9-,11+,12+/m0/s1. The summed E-state index contributed by atoms with van der Waals surface area (Å²) in [6.07, 6.45) is -0.0734. The quantitative estimate of drug-likeness (QED) is 0.414. The smallest absolute Gasteiger partial charge is 0.307 e.